The zero-order valence-corrected chi connectivity index (χ0v) is 14.2. The summed E-state index contributed by atoms with van der Waals surface area (Å²) in [6.45, 7) is 1.96. The molecule has 9 heteroatoms. The van der Waals surface area contributed by atoms with Crippen LogP contribution in [0.5, 0.6) is 23.0 Å². The Morgan fingerprint density at radius 1 is 1.00 bits per heavy atom. The number of hydrogen-bond acceptors (Lipinski definition) is 8. The monoisotopic (exact) mass is 367 g/mol. The van der Waals surface area contributed by atoms with E-state index in [1.165, 1.54) is 0 Å². The van der Waals surface area contributed by atoms with Crippen LogP contribution < -0.4 is 23.9 Å². The van der Waals surface area contributed by atoms with Crippen molar-refractivity contribution in [3.63, 3.8) is 0 Å². The molecule has 0 amide bonds. The summed E-state index contributed by atoms with van der Waals surface area (Å²) in [7, 11) is 0. The lowest BCUT2D eigenvalue weighted by Gasteiger charge is -2.04. The number of nitrogens with zero attached hydrogens (tertiary/aromatic N) is 3. The largest absolute Gasteiger partial charge is 0.454 e. The van der Waals surface area contributed by atoms with Crippen LogP contribution in [0.4, 0.5) is 5.69 Å². The van der Waals surface area contributed by atoms with Crippen LogP contribution in [0.1, 0.15) is 11.3 Å². The molecule has 0 bridgehead atoms. The molecule has 0 saturated carbocycles. The first-order valence-corrected chi connectivity index (χ1v) is 8.13. The molecule has 136 valence electrons. The van der Waals surface area contributed by atoms with Crippen LogP contribution in [0.15, 0.2) is 40.0 Å². The van der Waals surface area contributed by atoms with Crippen molar-refractivity contribution in [3.05, 3.63) is 46.8 Å². The lowest BCUT2D eigenvalue weighted by molar-refractivity contribution is -0.806. The van der Waals surface area contributed by atoms with E-state index in [2.05, 4.69) is 10.1 Å². The molecule has 9 nitrogen and oxygen atoms in total. The quantitative estimate of drug-likeness (QED) is 0.517. The molecule has 2 aliphatic rings. The molecule has 0 spiro atoms. The Kier molecular flexibility index (Phi) is 3.39. The fourth-order valence-corrected chi connectivity index (χ4v) is 2.90. The van der Waals surface area contributed by atoms with Gasteiger partial charge in [-0.2, -0.15) is 0 Å². The maximum Gasteiger partial charge on any atom is 0.253 e. The van der Waals surface area contributed by atoms with Crippen LogP contribution in [0.25, 0.3) is 11.3 Å². The van der Waals surface area contributed by atoms with Gasteiger partial charge in [0, 0.05) is 24.4 Å². The van der Waals surface area contributed by atoms with Crippen molar-refractivity contribution in [2.45, 2.75) is 6.92 Å². The Bertz CT molecular complexity index is 1080. The van der Waals surface area contributed by atoms with Gasteiger partial charge in [0.15, 0.2) is 23.0 Å². The van der Waals surface area contributed by atoms with E-state index in [0.29, 0.717) is 50.5 Å². The van der Waals surface area contributed by atoms with Crippen LogP contribution in [0, 0.1) is 12.1 Å². The lowest BCUT2D eigenvalue weighted by atomic mass is 10.1. The second kappa shape index (κ2) is 5.90. The summed E-state index contributed by atoms with van der Waals surface area (Å²) in [5.74, 6) is 2.51. The van der Waals surface area contributed by atoms with Crippen LogP contribution in [0.2, 0.25) is 0 Å². The van der Waals surface area contributed by atoms with E-state index in [4.69, 9.17) is 23.6 Å². The van der Waals surface area contributed by atoms with Crippen LogP contribution in [-0.4, -0.2) is 25.0 Å². The van der Waals surface area contributed by atoms with Crippen LogP contribution >= 0.6 is 0 Å². The fraction of sp³-hybridized carbons (Fsp3) is 0.167. The molecule has 27 heavy (non-hydrogen) atoms. The number of benzene rings is 2. The SMILES string of the molecule is Cc1c(-c2cc3c(cc2N=Cc2ccc4c(c2)OCO4)OCO3)no[n+]1[O-]. The number of ether oxygens (including phenoxy) is 4. The summed E-state index contributed by atoms with van der Waals surface area (Å²) < 4.78 is 26.3. The molecule has 0 aliphatic carbocycles. The third-order valence-corrected chi connectivity index (χ3v) is 4.32. The van der Waals surface area contributed by atoms with Crippen molar-refractivity contribution in [1.82, 2.24) is 5.16 Å². The fourth-order valence-electron chi connectivity index (χ4n) is 2.90. The predicted octanol–water partition coefficient (Wildman–Crippen LogP) is 2.49. The highest BCUT2D eigenvalue weighted by Gasteiger charge is 2.25. The highest BCUT2D eigenvalue weighted by molar-refractivity contribution is 5.87. The maximum absolute atomic E-state index is 11.6. The third kappa shape index (κ3) is 2.60. The number of rotatable bonds is 3. The molecular weight excluding hydrogens is 354 g/mol. The first-order chi connectivity index (χ1) is 13.2. The minimum Gasteiger partial charge on any atom is -0.454 e. The van der Waals surface area contributed by atoms with Crippen LogP contribution in [-0.2, 0) is 0 Å². The van der Waals surface area contributed by atoms with Gasteiger partial charge < -0.3 is 24.2 Å². The van der Waals surface area contributed by atoms with Gasteiger partial charge in [0.1, 0.15) is 0 Å². The number of aromatic nitrogens is 2. The van der Waals surface area contributed by atoms with E-state index in [-0.39, 0.29) is 13.6 Å². The molecule has 1 aromatic heterocycles. The lowest BCUT2D eigenvalue weighted by Crippen LogP contribution is -2.25. The molecule has 0 unspecified atom stereocenters. The van der Waals surface area contributed by atoms with Gasteiger partial charge in [0.2, 0.25) is 19.3 Å². The van der Waals surface area contributed by atoms with Gasteiger partial charge >= 0.3 is 0 Å². The summed E-state index contributed by atoms with van der Waals surface area (Å²) in [4.78, 5) is 4.91. The van der Waals surface area contributed by atoms with Gasteiger partial charge in [-0.3, -0.25) is 9.62 Å². The minimum absolute atomic E-state index is 0.128. The first kappa shape index (κ1) is 15.5. The molecule has 0 atom stereocenters. The van der Waals surface area contributed by atoms with Gasteiger partial charge in [-0.25, -0.2) is 0 Å². The van der Waals surface area contributed by atoms with Crippen molar-refractivity contribution in [2.24, 2.45) is 4.99 Å². The van der Waals surface area contributed by atoms with Gasteiger partial charge in [0.25, 0.3) is 5.69 Å². The van der Waals surface area contributed by atoms with Crippen molar-refractivity contribution >= 4 is 11.9 Å². The molecule has 3 heterocycles. The molecule has 2 aliphatic heterocycles. The smallest absolute Gasteiger partial charge is 0.253 e. The Hall–Kier alpha value is -3.75. The van der Waals surface area contributed by atoms with Gasteiger partial charge in [0.05, 0.1) is 11.3 Å². The molecule has 0 radical (unpaired) electrons. The summed E-state index contributed by atoms with van der Waals surface area (Å²) in [5.41, 5.74) is 2.72. The zero-order valence-electron chi connectivity index (χ0n) is 14.2. The van der Waals surface area contributed by atoms with E-state index in [9.17, 15) is 5.21 Å². The normalized spacial score (nSPS) is 14.3. The van der Waals surface area contributed by atoms with Gasteiger partial charge in [-0.15, -0.1) is 0 Å². The number of aliphatic imine (C=N–C) groups is 1. The molecule has 3 aromatic rings. The van der Waals surface area contributed by atoms with E-state index < -0.39 is 0 Å². The molecule has 0 saturated heterocycles. The first-order valence-electron chi connectivity index (χ1n) is 8.13. The van der Waals surface area contributed by atoms with E-state index >= 15 is 0 Å². The Morgan fingerprint density at radius 2 is 1.70 bits per heavy atom. The van der Waals surface area contributed by atoms with Crippen molar-refractivity contribution < 1.29 is 28.5 Å². The Balaban J connectivity index is 1.58. The predicted molar refractivity (Wildman–Crippen MR) is 91.6 cm³/mol. The topological polar surface area (TPSA) is 102 Å². The minimum atomic E-state index is 0.128. The van der Waals surface area contributed by atoms with Crippen LogP contribution in [0.3, 0.4) is 0 Å². The second-order valence-corrected chi connectivity index (χ2v) is 5.96. The van der Waals surface area contributed by atoms with Gasteiger partial charge in [-0.1, -0.05) is 0 Å². The third-order valence-electron chi connectivity index (χ3n) is 4.32. The Labute approximate surface area is 152 Å². The van der Waals surface area contributed by atoms with E-state index in [1.54, 1.807) is 25.3 Å². The summed E-state index contributed by atoms with van der Waals surface area (Å²) in [6.07, 6.45) is 1.68. The van der Waals surface area contributed by atoms with Crippen molar-refractivity contribution in [2.75, 3.05) is 13.6 Å². The molecule has 5 rings (SSSR count). The highest BCUT2D eigenvalue weighted by atomic mass is 16.8. The van der Waals surface area contributed by atoms with Crippen molar-refractivity contribution in [1.29, 1.82) is 0 Å². The van der Waals surface area contributed by atoms with Crippen molar-refractivity contribution in [3.8, 4) is 34.3 Å². The van der Waals surface area contributed by atoms with Gasteiger partial charge in [-0.05, 0) is 34.7 Å². The second-order valence-electron chi connectivity index (χ2n) is 5.96. The Morgan fingerprint density at radius 3 is 2.44 bits per heavy atom. The van der Waals surface area contributed by atoms with E-state index in [0.717, 1.165) is 5.56 Å². The standard InChI is InChI=1S/C18H13N3O6/c1-10-18(20-27-21(10)22)12-5-16-17(26-9-25-16)6-13(12)19-7-11-2-3-14-15(4-11)24-8-23-14/h2-7H,8-9H2,1H3. The summed E-state index contributed by atoms with van der Waals surface area (Å²) >= 11 is 0. The molecule has 2 aromatic carbocycles. The molecular formula is C18H13N3O6. The summed E-state index contributed by atoms with van der Waals surface area (Å²) in [6, 6.07) is 9.01. The zero-order chi connectivity index (χ0) is 18.4. The number of hydrogen-bond donors (Lipinski definition) is 0. The molecule has 0 N–H and O–H groups in total. The summed E-state index contributed by atoms with van der Waals surface area (Å²) in [5, 5.41) is 15.5. The number of fused-ring (bicyclic) bond motifs is 2. The molecule has 0 fully saturated rings. The maximum atomic E-state index is 11.6. The average Bonchev–Trinajstić information content (AvgIpc) is 3.40. The average molecular weight is 367 g/mol. The highest BCUT2D eigenvalue weighted by Crippen LogP contribution is 2.42. The van der Waals surface area contributed by atoms with E-state index in [1.807, 2.05) is 18.2 Å².